The number of hydrogen-bond donors (Lipinski definition) is 1. The molecule has 6 heteroatoms. The highest BCUT2D eigenvalue weighted by atomic mass is 35.5. The van der Waals surface area contributed by atoms with E-state index in [0.717, 1.165) is 25.3 Å². The zero-order chi connectivity index (χ0) is 11.0. The Balaban J connectivity index is 1.88. The molecule has 0 radical (unpaired) electrons. The summed E-state index contributed by atoms with van der Waals surface area (Å²) < 4.78 is 0. The van der Waals surface area contributed by atoms with Crippen LogP contribution in [0.4, 0.5) is 5.82 Å². The van der Waals surface area contributed by atoms with Crippen molar-refractivity contribution in [1.82, 2.24) is 20.2 Å². The molecule has 3 heterocycles. The molecule has 2 aromatic rings. The van der Waals surface area contributed by atoms with Crippen molar-refractivity contribution in [1.29, 1.82) is 0 Å². The SMILES string of the molecule is Clc1cc(N2CCc3[nH]ncc3C2)ncn1. The lowest BCUT2D eigenvalue weighted by Gasteiger charge is -2.27. The van der Waals surface area contributed by atoms with Gasteiger partial charge in [-0.3, -0.25) is 5.10 Å². The van der Waals surface area contributed by atoms with Crippen LogP contribution in [0.15, 0.2) is 18.6 Å². The summed E-state index contributed by atoms with van der Waals surface area (Å²) in [5, 5.41) is 7.52. The van der Waals surface area contributed by atoms with Crippen LogP contribution in [0.5, 0.6) is 0 Å². The summed E-state index contributed by atoms with van der Waals surface area (Å²) in [5.74, 6) is 0.867. The maximum Gasteiger partial charge on any atom is 0.134 e. The Bertz CT molecular complexity index is 509. The molecule has 1 aliphatic rings. The Hall–Kier alpha value is -1.62. The summed E-state index contributed by atoms with van der Waals surface area (Å²) >= 11 is 5.85. The van der Waals surface area contributed by atoms with Gasteiger partial charge >= 0.3 is 0 Å². The maximum atomic E-state index is 5.85. The first-order chi connectivity index (χ1) is 7.83. The highest BCUT2D eigenvalue weighted by molar-refractivity contribution is 6.29. The van der Waals surface area contributed by atoms with Gasteiger partial charge in [0.1, 0.15) is 17.3 Å². The zero-order valence-corrected chi connectivity index (χ0v) is 9.28. The molecule has 0 spiro atoms. The largest absolute Gasteiger partial charge is 0.352 e. The fourth-order valence-electron chi connectivity index (χ4n) is 1.91. The second kappa shape index (κ2) is 3.75. The second-order valence-electron chi connectivity index (χ2n) is 3.74. The highest BCUT2D eigenvalue weighted by Crippen LogP contribution is 2.22. The number of aromatic amines is 1. The molecule has 0 aliphatic carbocycles. The lowest BCUT2D eigenvalue weighted by molar-refractivity contribution is 0.709. The predicted octanol–water partition coefficient (Wildman–Crippen LogP) is 1.42. The van der Waals surface area contributed by atoms with Crippen LogP contribution in [0.2, 0.25) is 5.15 Å². The van der Waals surface area contributed by atoms with E-state index in [1.165, 1.54) is 17.6 Å². The highest BCUT2D eigenvalue weighted by Gasteiger charge is 2.18. The van der Waals surface area contributed by atoms with E-state index in [0.29, 0.717) is 5.15 Å². The van der Waals surface area contributed by atoms with Gasteiger partial charge in [-0.2, -0.15) is 5.10 Å². The van der Waals surface area contributed by atoms with Crippen molar-refractivity contribution >= 4 is 17.4 Å². The second-order valence-corrected chi connectivity index (χ2v) is 4.13. The van der Waals surface area contributed by atoms with Gasteiger partial charge in [-0.1, -0.05) is 11.6 Å². The molecular formula is C10H10ClN5. The van der Waals surface area contributed by atoms with Crippen LogP contribution < -0.4 is 4.90 Å². The van der Waals surface area contributed by atoms with Crippen LogP contribution in [0.1, 0.15) is 11.3 Å². The molecule has 0 saturated heterocycles. The molecule has 1 N–H and O–H groups in total. The van der Waals surface area contributed by atoms with Crippen molar-refractivity contribution in [2.45, 2.75) is 13.0 Å². The first-order valence-electron chi connectivity index (χ1n) is 5.06. The van der Waals surface area contributed by atoms with E-state index in [-0.39, 0.29) is 0 Å². The van der Waals surface area contributed by atoms with Gasteiger partial charge in [-0.15, -0.1) is 0 Å². The van der Waals surface area contributed by atoms with E-state index < -0.39 is 0 Å². The number of anilines is 1. The van der Waals surface area contributed by atoms with Crippen molar-refractivity contribution in [2.24, 2.45) is 0 Å². The molecule has 0 fully saturated rings. The summed E-state index contributed by atoms with van der Waals surface area (Å²) in [6.07, 6.45) is 4.31. The normalized spacial score (nSPS) is 14.9. The van der Waals surface area contributed by atoms with Crippen LogP contribution in [-0.4, -0.2) is 26.7 Å². The van der Waals surface area contributed by atoms with Crippen molar-refractivity contribution in [3.8, 4) is 0 Å². The molecule has 0 bridgehead atoms. The summed E-state index contributed by atoms with van der Waals surface area (Å²) in [7, 11) is 0. The summed E-state index contributed by atoms with van der Waals surface area (Å²) in [4.78, 5) is 10.3. The predicted molar refractivity (Wildman–Crippen MR) is 60.4 cm³/mol. The molecule has 0 atom stereocenters. The summed E-state index contributed by atoms with van der Waals surface area (Å²) in [6.45, 7) is 1.74. The van der Waals surface area contributed by atoms with Crippen molar-refractivity contribution in [3.63, 3.8) is 0 Å². The van der Waals surface area contributed by atoms with E-state index in [4.69, 9.17) is 11.6 Å². The van der Waals surface area contributed by atoms with Crippen LogP contribution in [0.25, 0.3) is 0 Å². The zero-order valence-electron chi connectivity index (χ0n) is 8.52. The molecule has 0 saturated carbocycles. The smallest absolute Gasteiger partial charge is 0.134 e. The quantitative estimate of drug-likeness (QED) is 0.760. The maximum absolute atomic E-state index is 5.85. The van der Waals surface area contributed by atoms with E-state index >= 15 is 0 Å². The molecule has 0 amide bonds. The summed E-state index contributed by atoms with van der Waals surface area (Å²) in [6, 6.07) is 1.78. The van der Waals surface area contributed by atoms with Gasteiger partial charge in [0.2, 0.25) is 0 Å². The van der Waals surface area contributed by atoms with Crippen molar-refractivity contribution in [3.05, 3.63) is 35.0 Å². The Kier molecular flexibility index (Phi) is 2.25. The van der Waals surface area contributed by atoms with E-state index in [1.807, 2.05) is 6.20 Å². The molecular weight excluding hydrogens is 226 g/mol. The third kappa shape index (κ3) is 1.63. The minimum atomic E-state index is 0.475. The van der Waals surface area contributed by atoms with Crippen LogP contribution in [0, 0.1) is 0 Å². The molecule has 0 aromatic carbocycles. The minimum Gasteiger partial charge on any atom is -0.352 e. The molecule has 82 valence electrons. The number of hydrogen-bond acceptors (Lipinski definition) is 4. The number of H-pyrrole nitrogens is 1. The van der Waals surface area contributed by atoms with E-state index in [1.54, 1.807) is 6.07 Å². The van der Waals surface area contributed by atoms with Gasteiger partial charge in [0.25, 0.3) is 0 Å². The average molecular weight is 236 g/mol. The van der Waals surface area contributed by atoms with Crippen molar-refractivity contribution < 1.29 is 0 Å². The van der Waals surface area contributed by atoms with Gasteiger partial charge in [0.05, 0.1) is 6.20 Å². The standard InChI is InChI=1S/C10H10ClN5/c11-9-3-10(13-6-12-9)16-2-1-8-7(5-16)4-14-15-8/h3-4,6H,1-2,5H2,(H,14,15). The lowest BCUT2D eigenvalue weighted by Crippen LogP contribution is -2.30. The molecule has 3 rings (SSSR count). The third-order valence-electron chi connectivity index (χ3n) is 2.74. The Morgan fingerprint density at radius 3 is 3.19 bits per heavy atom. The van der Waals surface area contributed by atoms with Crippen LogP contribution in [-0.2, 0) is 13.0 Å². The van der Waals surface area contributed by atoms with Crippen molar-refractivity contribution in [2.75, 3.05) is 11.4 Å². The number of aromatic nitrogens is 4. The number of nitrogens with zero attached hydrogens (tertiary/aromatic N) is 4. The topological polar surface area (TPSA) is 57.7 Å². The molecule has 1 aliphatic heterocycles. The van der Waals surface area contributed by atoms with Gasteiger partial charge in [0, 0.05) is 36.8 Å². The number of fused-ring (bicyclic) bond motifs is 1. The first-order valence-corrected chi connectivity index (χ1v) is 5.44. The monoisotopic (exact) mass is 235 g/mol. The van der Waals surface area contributed by atoms with E-state index in [2.05, 4.69) is 25.1 Å². The summed E-state index contributed by atoms with van der Waals surface area (Å²) in [5.41, 5.74) is 2.44. The number of nitrogens with one attached hydrogen (secondary N) is 1. The Morgan fingerprint density at radius 2 is 2.31 bits per heavy atom. The van der Waals surface area contributed by atoms with Gasteiger partial charge in [-0.05, 0) is 0 Å². The van der Waals surface area contributed by atoms with E-state index in [9.17, 15) is 0 Å². The average Bonchev–Trinajstić information content (AvgIpc) is 2.75. The van der Waals surface area contributed by atoms with Gasteiger partial charge in [0.15, 0.2) is 0 Å². The molecule has 0 unspecified atom stereocenters. The number of halogens is 1. The molecule has 5 nitrogen and oxygen atoms in total. The minimum absolute atomic E-state index is 0.475. The van der Waals surface area contributed by atoms with Crippen LogP contribution >= 0.6 is 11.6 Å². The fourth-order valence-corrected chi connectivity index (χ4v) is 2.06. The lowest BCUT2D eigenvalue weighted by atomic mass is 10.1. The Labute approximate surface area is 97.5 Å². The first kappa shape index (κ1) is 9.59. The fraction of sp³-hybridized carbons (Fsp3) is 0.300. The molecule has 2 aromatic heterocycles. The van der Waals surface area contributed by atoms with Gasteiger partial charge in [-0.25, -0.2) is 9.97 Å². The third-order valence-corrected chi connectivity index (χ3v) is 2.95. The van der Waals surface area contributed by atoms with Gasteiger partial charge < -0.3 is 4.90 Å². The molecule has 16 heavy (non-hydrogen) atoms. The Morgan fingerprint density at radius 1 is 1.38 bits per heavy atom. The van der Waals surface area contributed by atoms with Crippen LogP contribution in [0.3, 0.4) is 0 Å². The number of rotatable bonds is 1.